The maximum atomic E-state index is 2.31. The van der Waals surface area contributed by atoms with Gasteiger partial charge < -0.3 is 0 Å². The summed E-state index contributed by atoms with van der Waals surface area (Å²) in [5, 5.41) is 2.84. The molecule has 0 aliphatic rings. The standard InChI is InChI=1S/C29H46/c1-2-3-4-5-6-7-8-9-10-11-12-13-14-15-16-17-18-22-27-24-21-25-28-23-19-20-26-29(27)28/h19-21,23-26H,2-18,22H2,1H3. The van der Waals surface area contributed by atoms with Crippen molar-refractivity contribution in [2.45, 2.75) is 122 Å². The monoisotopic (exact) mass is 394 g/mol. The zero-order chi connectivity index (χ0) is 20.4. The van der Waals surface area contributed by atoms with Crippen molar-refractivity contribution in [1.82, 2.24) is 0 Å². The molecule has 0 heterocycles. The molecule has 0 nitrogen and oxygen atoms in total. The Labute approximate surface area is 181 Å². The molecule has 0 aliphatic carbocycles. The summed E-state index contributed by atoms with van der Waals surface area (Å²) >= 11 is 0. The summed E-state index contributed by atoms with van der Waals surface area (Å²) in [6.45, 7) is 2.30. The Morgan fingerprint density at radius 1 is 0.448 bits per heavy atom. The maximum Gasteiger partial charge on any atom is -0.0152 e. The summed E-state index contributed by atoms with van der Waals surface area (Å²) in [6.07, 6.45) is 25.8. The van der Waals surface area contributed by atoms with Gasteiger partial charge in [-0.15, -0.1) is 0 Å². The number of unbranched alkanes of at least 4 members (excludes halogenated alkanes) is 16. The van der Waals surface area contributed by atoms with E-state index >= 15 is 0 Å². The molecule has 0 radical (unpaired) electrons. The lowest BCUT2D eigenvalue weighted by molar-refractivity contribution is 0.527. The van der Waals surface area contributed by atoms with E-state index in [1.807, 2.05) is 0 Å². The van der Waals surface area contributed by atoms with Crippen LogP contribution in [0.15, 0.2) is 42.5 Å². The summed E-state index contributed by atoms with van der Waals surface area (Å²) in [6, 6.07) is 15.6. The molecule has 29 heavy (non-hydrogen) atoms. The van der Waals surface area contributed by atoms with Gasteiger partial charge in [-0.3, -0.25) is 0 Å². The molecular formula is C29H46. The number of aryl methyl sites for hydroxylation is 1. The highest BCUT2D eigenvalue weighted by molar-refractivity contribution is 5.85. The summed E-state index contributed by atoms with van der Waals surface area (Å²) in [4.78, 5) is 0. The minimum atomic E-state index is 1.24. The molecule has 0 saturated carbocycles. The van der Waals surface area contributed by atoms with Crippen LogP contribution in [0.3, 0.4) is 0 Å². The highest BCUT2D eigenvalue weighted by atomic mass is 14.1. The second-order valence-corrected chi connectivity index (χ2v) is 9.05. The number of benzene rings is 2. The van der Waals surface area contributed by atoms with Crippen LogP contribution in [0.2, 0.25) is 0 Å². The third-order valence-corrected chi connectivity index (χ3v) is 6.43. The molecule has 0 aromatic heterocycles. The molecule has 0 heteroatoms. The highest BCUT2D eigenvalue weighted by Crippen LogP contribution is 2.21. The lowest BCUT2D eigenvalue weighted by atomic mass is 9.99. The van der Waals surface area contributed by atoms with Crippen molar-refractivity contribution in [3.8, 4) is 0 Å². The quantitative estimate of drug-likeness (QED) is 0.221. The molecule has 2 aromatic carbocycles. The lowest BCUT2D eigenvalue weighted by Gasteiger charge is -2.07. The van der Waals surface area contributed by atoms with E-state index in [1.165, 1.54) is 132 Å². The van der Waals surface area contributed by atoms with E-state index in [1.54, 1.807) is 0 Å². The van der Waals surface area contributed by atoms with Crippen LogP contribution in [0.25, 0.3) is 10.8 Å². The Kier molecular flexibility index (Phi) is 13.6. The average molecular weight is 395 g/mol. The van der Waals surface area contributed by atoms with Crippen LogP contribution in [-0.2, 0) is 6.42 Å². The smallest absolute Gasteiger partial charge is 0.0152 e. The zero-order valence-electron chi connectivity index (χ0n) is 19.3. The van der Waals surface area contributed by atoms with Gasteiger partial charge in [-0.1, -0.05) is 152 Å². The van der Waals surface area contributed by atoms with Crippen molar-refractivity contribution in [2.24, 2.45) is 0 Å². The Morgan fingerprint density at radius 3 is 1.45 bits per heavy atom. The molecule has 0 atom stereocenters. The maximum absolute atomic E-state index is 2.31. The first-order chi connectivity index (χ1) is 14.4. The molecule has 2 rings (SSSR count). The van der Waals surface area contributed by atoms with Gasteiger partial charge in [-0.05, 0) is 29.2 Å². The Hall–Kier alpha value is -1.30. The van der Waals surface area contributed by atoms with Gasteiger partial charge in [0.25, 0.3) is 0 Å². The topological polar surface area (TPSA) is 0 Å². The van der Waals surface area contributed by atoms with Crippen LogP contribution in [0, 0.1) is 0 Å². The first kappa shape index (κ1) is 24.0. The lowest BCUT2D eigenvalue weighted by Crippen LogP contribution is -1.88. The number of hydrogen-bond donors (Lipinski definition) is 0. The van der Waals surface area contributed by atoms with E-state index in [-0.39, 0.29) is 0 Å². The fourth-order valence-electron chi connectivity index (χ4n) is 4.55. The van der Waals surface area contributed by atoms with Gasteiger partial charge in [0.05, 0.1) is 0 Å². The van der Waals surface area contributed by atoms with E-state index in [0.717, 1.165) is 0 Å². The number of hydrogen-bond acceptors (Lipinski definition) is 0. The summed E-state index contributed by atoms with van der Waals surface area (Å²) in [5.41, 5.74) is 1.53. The molecule has 0 fully saturated rings. The van der Waals surface area contributed by atoms with Crippen LogP contribution in [0.5, 0.6) is 0 Å². The fraction of sp³-hybridized carbons (Fsp3) is 0.655. The Bertz CT molecular complexity index is 621. The predicted octanol–water partition coefficient (Wildman–Crippen LogP) is 10.0. The fourth-order valence-corrected chi connectivity index (χ4v) is 4.55. The summed E-state index contributed by atoms with van der Waals surface area (Å²) < 4.78 is 0. The third kappa shape index (κ3) is 10.9. The molecular weight excluding hydrogens is 348 g/mol. The average Bonchev–Trinajstić information content (AvgIpc) is 2.76. The molecule has 0 bridgehead atoms. The first-order valence-electron chi connectivity index (χ1n) is 12.9. The summed E-state index contributed by atoms with van der Waals surface area (Å²) in [5.74, 6) is 0. The van der Waals surface area contributed by atoms with Gasteiger partial charge in [0.1, 0.15) is 0 Å². The van der Waals surface area contributed by atoms with Crippen LogP contribution in [0.4, 0.5) is 0 Å². The van der Waals surface area contributed by atoms with E-state index in [9.17, 15) is 0 Å². The minimum Gasteiger partial charge on any atom is -0.0654 e. The van der Waals surface area contributed by atoms with Crippen LogP contribution >= 0.6 is 0 Å². The van der Waals surface area contributed by atoms with E-state index < -0.39 is 0 Å². The molecule has 0 spiro atoms. The Balaban J connectivity index is 1.35. The normalized spacial score (nSPS) is 11.3. The minimum absolute atomic E-state index is 1.24. The van der Waals surface area contributed by atoms with Gasteiger partial charge in [-0.2, -0.15) is 0 Å². The second-order valence-electron chi connectivity index (χ2n) is 9.05. The summed E-state index contributed by atoms with van der Waals surface area (Å²) in [7, 11) is 0. The van der Waals surface area contributed by atoms with Crippen molar-refractivity contribution in [2.75, 3.05) is 0 Å². The van der Waals surface area contributed by atoms with E-state index in [2.05, 4.69) is 49.4 Å². The van der Waals surface area contributed by atoms with Crippen LogP contribution in [0.1, 0.15) is 122 Å². The first-order valence-corrected chi connectivity index (χ1v) is 12.9. The molecule has 162 valence electrons. The predicted molar refractivity (Wildman–Crippen MR) is 132 cm³/mol. The Morgan fingerprint density at radius 2 is 0.897 bits per heavy atom. The molecule has 0 N–H and O–H groups in total. The molecule has 0 aliphatic heterocycles. The van der Waals surface area contributed by atoms with Crippen molar-refractivity contribution < 1.29 is 0 Å². The van der Waals surface area contributed by atoms with E-state index in [0.29, 0.717) is 0 Å². The molecule has 2 aromatic rings. The second kappa shape index (κ2) is 16.5. The third-order valence-electron chi connectivity index (χ3n) is 6.43. The highest BCUT2D eigenvalue weighted by Gasteiger charge is 2.00. The van der Waals surface area contributed by atoms with Gasteiger partial charge in [-0.25, -0.2) is 0 Å². The van der Waals surface area contributed by atoms with Gasteiger partial charge in [0, 0.05) is 0 Å². The van der Waals surface area contributed by atoms with Gasteiger partial charge >= 0.3 is 0 Å². The SMILES string of the molecule is CCCCCCCCCCCCCCCCCCCc1cccc2ccccc12. The van der Waals surface area contributed by atoms with Gasteiger partial charge in [0.15, 0.2) is 0 Å². The number of rotatable bonds is 18. The largest absolute Gasteiger partial charge is 0.0654 e. The van der Waals surface area contributed by atoms with Gasteiger partial charge in [0.2, 0.25) is 0 Å². The number of fused-ring (bicyclic) bond motifs is 1. The molecule has 0 amide bonds. The van der Waals surface area contributed by atoms with Crippen LogP contribution < -0.4 is 0 Å². The molecule has 0 unspecified atom stereocenters. The van der Waals surface area contributed by atoms with Crippen molar-refractivity contribution in [3.63, 3.8) is 0 Å². The van der Waals surface area contributed by atoms with Crippen molar-refractivity contribution >= 4 is 10.8 Å². The molecule has 0 saturated heterocycles. The zero-order valence-corrected chi connectivity index (χ0v) is 19.3. The van der Waals surface area contributed by atoms with Crippen molar-refractivity contribution in [1.29, 1.82) is 0 Å². The van der Waals surface area contributed by atoms with Crippen molar-refractivity contribution in [3.05, 3.63) is 48.0 Å². The van der Waals surface area contributed by atoms with Crippen LogP contribution in [-0.4, -0.2) is 0 Å². The van der Waals surface area contributed by atoms with E-state index in [4.69, 9.17) is 0 Å².